The van der Waals surface area contributed by atoms with E-state index in [1.807, 2.05) is 42.5 Å². The first kappa shape index (κ1) is 13.1. The Morgan fingerprint density at radius 1 is 1.05 bits per heavy atom. The Bertz CT molecular complexity index is 537. The Balaban J connectivity index is 2.01. The van der Waals surface area contributed by atoms with Crippen molar-refractivity contribution in [3.05, 3.63) is 65.7 Å². The SMILES string of the molecule is CC(=O)OCc1ccccc1NCc1ccccc1. The second-order valence-electron chi connectivity index (χ2n) is 4.28. The van der Waals surface area contributed by atoms with Crippen LogP contribution in [0.4, 0.5) is 5.69 Å². The van der Waals surface area contributed by atoms with Crippen LogP contribution in [-0.2, 0) is 22.7 Å². The lowest BCUT2D eigenvalue weighted by molar-refractivity contribution is -0.142. The molecule has 0 saturated carbocycles. The van der Waals surface area contributed by atoms with E-state index < -0.39 is 0 Å². The van der Waals surface area contributed by atoms with Gasteiger partial charge in [0, 0.05) is 24.7 Å². The molecule has 0 radical (unpaired) electrons. The molecule has 2 aromatic carbocycles. The summed E-state index contributed by atoms with van der Waals surface area (Å²) >= 11 is 0. The molecule has 19 heavy (non-hydrogen) atoms. The Labute approximate surface area is 113 Å². The minimum atomic E-state index is -0.266. The molecule has 2 aromatic rings. The first-order valence-corrected chi connectivity index (χ1v) is 6.25. The second kappa shape index (κ2) is 6.59. The van der Waals surface area contributed by atoms with Gasteiger partial charge in [0.25, 0.3) is 0 Å². The van der Waals surface area contributed by atoms with E-state index in [2.05, 4.69) is 17.4 Å². The van der Waals surface area contributed by atoms with Crippen LogP contribution in [0.5, 0.6) is 0 Å². The van der Waals surface area contributed by atoms with Gasteiger partial charge >= 0.3 is 5.97 Å². The summed E-state index contributed by atoms with van der Waals surface area (Å²) in [7, 11) is 0. The number of nitrogens with one attached hydrogen (secondary N) is 1. The molecule has 3 nitrogen and oxygen atoms in total. The summed E-state index contributed by atoms with van der Waals surface area (Å²) in [6, 6.07) is 18.0. The molecule has 0 spiro atoms. The Morgan fingerprint density at radius 2 is 1.74 bits per heavy atom. The number of rotatable bonds is 5. The van der Waals surface area contributed by atoms with Crippen molar-refractivity contribution in [2.24, 2.45) is 0 Å². The number of esters is 1. The van der Waals surface area contributed by atoms with Crippen molar-refractivity contribution < 1.29 is 9.53 Å². The number of ether oxygens (including phenoxy) is 1. The molecule has 0 aromatic heterocycles. The fourth-order valence-electron chi connectivity index (χ4n) is 1.79. The van der Waals surface area contributed by atoms with Gasteiger partial charge in [0.1, 0.15) is 6.61 Å². The van der Waals surface area contributed by atoms with Gasteiger partial charge < -0.3 is 10.1 Å². The highest BCUT2D eigenvalue weighted by atomic mass is 16.5. The van der Waals surface area contributed by atoms with E-state index in [0.29, 0.717) is 6.61 Å². The lowest BCUT2D eigenvalue weighted by atomic mass is 10.1. The molecule has 0 fully saturated rings. The number of anilines is 1. The molecule has 0 unspecified atom stereocenters. The van der Waals surface area contributed by atoms with Crippen molar-refractivity contribution in [3.63, 3.8) is 0 Å². The lowest BCUT2D eigenvalue weighted by Crippen LogP contribution is -2.05. The van der Waals surface area contributed by atoms with Crippen LogP contribution in [0, 0.1) is 0 Å². The van der Waals surface area contributed by atoms with Gasteiger partial charge in [-0.25, -0.2) is 0 Å². The molecule has 98 valence electrons. The fourth-order valence-corrected chi connectivity index (χ4v) is 1.79. The molecular weight excluding hydrogens is 238 g/mol. The maximum atomic E-state index is 10.9. The van der Waals surface area contributed by atoms with E-state index in [1.165, 1.54) is 12.5 Å². The largest absolute Gasteiger partial charge is 0.461 e. The normalized spacial score (nSPS) is 9.95. The summed E-state index contributed by atoms with van der Waals surface area (Å²) in [5.74, 6) is -0.266. The number of hydrogen-bond donors (Lipinski definition) is 1. The van der Waals surface area contributed by atoms with Gasteiger partial charge in [-0.1, -0.05) is 48.5 Å². The number of para-hydroxylation sites is 1. The zero-order valence-corrected chi connectivity index (χ0v) is 10.9. The van der Waals surface area contributed by atoms with Gasteiger partial charge in [0.15, 0.2) is 0 Å². The molecule has 0 aliphatic heterocycles. The third-order valence-electron chi connectivity index (χ3n) is 2.77. The van der Waals surface area contributed by atoms with Crippen molar-refractivity contribution >= 4 is 11.7 Å². The minimum Gasteiger partial charge on any atom is -0.461 e. The first-order chi connectivity index (χ1) is 9.25. The van der Waals surface area contributed by atoms with Crippen LogP contribution in [0.2, 0.25) is 0 Å². The highest BCUT2D eigenvalue weighted by Gasteiger charge is 2.03. The average Bonchev–Trinajstić information content (AvgIpc) is 2.45. The fraction of sp³-hybridized carbons (Fsp3) is 0.188. The predicted octanol–water partition coefficient (Wildman–Crippen LogP) is 3.36. The van der Waals surface area contributed by atoms with Gasteiger partial charge in [-0.3, -0.25) is 4.79 Å². The quantitative estimate of drug-likeness (QED) is 0.832. The molecule has 0 aliphatic rings. The molecular formula is C16H17NO2. The van der Waals surface area contributed by atoms with Gasteiger partial charge in [-0.2, -0.15) is 0 Å². The van der Waals surface area contributed by atoms with E-state index >= 15 is 0 Å². The lowest BCUT2D eigenvalue weighted by Gasteiger charge is -2.12. The predicted molar refractivity (Wildman–Crippen MR) is 75.7 cm³/mol. The highest BCUT2D eigenvalue weighted by molar-refractivity contribution is 5.66. The molecule has 0 saturated heterocycles. The van der Waals surface area contributed by atoms with E-state index in [4.69, 9.17) is 4.74 Å². The van der Waals surface area contributed by atoms with Crippen molar-refractivity contribution in [3.8, 4) is 0 Å². The molecule has 0 atom stereocenters. The van der Waals surface area contributed by atoms with Crippen LogP contribution in [0.25, 0.3) is 0 Å². The minimum absolute atomic E-state index is 0.266. The summed E-state index contributed by atoms with van der Waals surface area (Å²) in [5.41, 5.74) is 3.19. The van der Waals surface area contributed by atoms with Crippen LogP contribution in [-0.4, -0.2) is 5.97 Å². The van der Waals surface area contributed by atoms with Gasteiger partial charge in [0.2, 0.25) is 0 Å². The van der Waals surface area contributed by atoms with Gasteiger partial charge in [-0.05, 0) is 11.6 Å². The summed E-state index contributed by atoms with van der Waals surface area (Å²) < 4.78 is 5.04. The Kier molecular flexibility index (Phi) is 4.56. The van der Waals surface area contributed by atoms with E-state index in [0.717, 1.165) is 17.8 Å². The molecule has 3 heteroatoms. The van der Waals surface area contributed by atoms with Crippen molar-refractivity contribution in [2.75, 3.05) is 5.32 Å². The third kappa shape index (κ3) is 4.14. The highest BCUT2D eigenvalue weighted by Crippen LogP contribution is 2.17. The standard InChI is InChI=1S/C16H17NO2/c1-13(18)19-12-15-9-5-6-10-16(15)17-11-14-7-3-2-4-8-14/h2-10,17H,11-12H2,1H3. The molecule has 0 aliphatic carbocycles. The number of carbonyl (C=O) groups is 1. The van der Waals surface area contributed by atoms with Crippen LogP contribution >= 0.6 is 0 Å². The summed E-state index contributed by atoms with van der Waals surface area (Å²) in [5, 5.41) is 3.36. The van der Waals surface area contributed by atoms with E-state index in [-0.39, 0.29) is 5.97 Å². The van der Waals surface area contributed by atoms with Crippen LogP contribution < -0.4 is 5.32 Å². The summed E-state index contributed by atoms with van der Waals surface area (Å²) in [6.07, 6.45) is 0. The number of hydrogen-bond acceptors (Lipinski definition) is 3. The zero-order valence-electron chi connectivity index (χ0n) is 10.9. The van der Waals surface area contributed by atoms with Crippen molar-refractivity contribution in [1.29, 1.82) is 0 Å². The van der Waals surface area contributed by atoms with Crippen LogP contribution in [0.15, 0.2) is 54.6 Å². The Hall–Kier alpha value is -2.29. The number of benzene rings is 2. The first-order valence-electron chi connectivity index (χ1n) is 6.25. The molecule has 2 rings (SSSR count). The van der Waals surface area contributed by atoms with Crippen LogP contribution in [0.3, 0.4) is 0 Å². The van der Waals surface area contributed by atoms with Crippen molar-refractivity contribution in [2.45, 2.75) is 20.1 Å². The van der Waals surface area contributed by atoms with Crippen LogP contribution in [0.1, 0.15) is 18.1 Å². The zero-order chi connectivity index (χ0) is 13.5. The van der Waals surface area contributed by atoms with E-state index in [9.17, 15) is 4.79 Å². The smallest absolute Gasteiger partial charge is 0.302 e. The Morgan fingerprint density at radius 3 is 2.47 bits per heavy atom. The second-order valence-corrected chi connectivity index (χ2v) is 4.28. The van der Waals surface area contributed by atoms with Gasteiger partial charge in [0.05, 0.1) is 0 Å². The summed E-state index contributed by atoms with van der Waals surface area (Å²) in [6.45, 7) is 2.46. The molecule has 0 heterocycles. The molecule has 0 bridgehead atoms. The van der Waals surface area contributed by atoms with Gasteiger partial charge in [-0.15, -0.1) is 0 Å². The maximum Gasteiger partial charge on any atom is 0.302 e. The monoisotopic (exact) mass is 255 g/mol. The number of carbonyl (C=O) groups excluding carboxylic acids is 1. The summed E-state index contributed by atoms with van der Waals surface area (Å²) in [4.78, 5) is 10.9. The third-order valence-corrected chi connectivity index (χ3v) is 2.77. The maximum absolute atomic E-state index is 10.9. The van der Waals surface area contributed by atoms with Crippen molar-refractivity contribution in [1.82, 2.24) is 0 Å². The molecule has 0 amide bonds. The van der Waals surface area contributed by atoms with E-state index in [1.54, 1.807) is 0 Å². The molecule has 1 N–H and O–H groups in total. The topological polar surface area (TPSA) is 38.3 Å². The average molecular weight is 255 g/mol.